The summed E-state index contributed by atoms with van der Waals surface area (Å²) < 4.78 is 5.41. The van der Waals surface area contributed by atoms with Crippen LogP contribution in [0.25, 0.3) is 11.1 Å². The van der Waals surface area contributed by atoms with E-state index in [1.807, 2.05) is 29.2 Å². The summed E-state index contributed by atoms with van der Waals surface area (Å²) in [5, 5.41) is 13.3. The van der Waals surface area contributed by atoms with Crippen molar-refractivity contribution < 1.29 is 14.6 Å². The molecule has 6 heteroatoms. The van der Waals surface area contributed by atoms with Crippen LogP contribution < -0.4 is 10.1 Å². The maximum absolute atomic E-state index is 13.3. The fourth-order valence-corrected chi connectivity index (χ4v) is 5.71. The minimum atomic E-state index is -0.109. The number of para-hydroxylation sites is 2. The fourth-order valence-electron chi connectivity index (χ4n) is 5.71. The Morgan fingerprint density at radius 2 is 1.64 bits per heavy atom. The average molecular weight is 486 g/mol. The standard InChI is InChI=1S/C30H35N3O3/c1-21-9-11-22(12-10-21)23-13-15-24(16-14-23)29-26-19-32(17-5-6-18-33(26)27(29)20-34)30(35)31-25-7-3-4-8-28(25)36-2/h3-4,7-16,26-27,29,34H,5-6,17-20H2,1-2H3,(H,31,35)/t26-,27-,29-/m1/s1. The molecule has 0 bridgehead atoms. The highest BCUT2D eigenvalue weighted by molar-refractivity contribution is 5.91. The largest absolute Gasteiger partial charge is 0.495 e. The van der Waals surface area contributed by atoms with Crippen LogP contribution in [0.5, 0.6) is 5.75 Å². The van der Waals surface area contributed by atoms with Gasteiger partial charge in [-0.05, 0) is 55.1 Å². The van der Waals surface area contributed by atoms with E-state index in [1.54, 1.807) is 7.11 Å². The number of benzene rings is 3. The Hall–Kier alpha value is -3.35. The molecule has 2 amide bonds. The van der Waals surface area contributed by atoms with E-state index in [0.717, 1.165) is 19.4 Å². The minimum Gasteiger partial charge on any atom is -0.495 e. The fraction of sp³-hybridized carbons (Fsp3) is 0.367. The number of amides is 2. The molecule has 36 heavy (non-hydrogen) atoms. The van der Waals surface area contributed by atoms with Gasteiger partial charge in [-0.2, -0.15) is 0 Å². The first kappa shape index (κ1) is 24.3. The first-order valence-corrected chi connectivity index (χ1v) is 12.8. The number of carbonyl (C=O) groups excluding carboxylic acids is 1. The highest BCUT2D eigenvalue weighted by Gasteiger charge is 2.49. The smallest absolute Gasteiger partial charge is 0.322 e. The lowest BCUT2D eigenvalue weighted by atomic mass is 9.74. The Morgan fingerprint density at radius 3 is 2.33 bits per heavy atom. The van der Waals surface area contributed by atoms with E-state index < -0.39 is 0 Å². The van der Waals surface area contributed by atoms with Gasteiger partial charge >= 0.3 is 6.03 Å². The summed E-state index contributed by atoms with van der Waals surface area (Å²) in [5.74, 6) is 0.830. The molecule has 188 valence electrons. The van der Waals surface area contributed by atoms with Gasteiger partial charge in [-0.15, -0.1) is 0 Å². The minimum absolute atomic E-state index is 0.0810. The lowest BCUT2D eigenvalue weighted by molar-refractivity contribution is -0.0585. The van der Waals surface area contributed by atoms with Crippen molar-refractivity contribution in [3.05, 3.63) is 83.9 Å². The second-order valence-corrected chi connectivity index (χ2v) is 9.85. The van der Waals surface area contributed by atoms with E-state index in [9.17, 15) is 9.90 Å². The molecule has 5 rings (SSSR count). The first-order chi connectivity index (χ1) is 17.6. The third-order valence-electron chi connectivity index (χ3n) is 7.69. The summed E-state index contributed by atoms with van der Waals surface area (Å²) in [5.41, 5.74) is 5.53. The molecule has 0 aromatic heterocycles. The van der Waals surface area contributed by atoms with Gasteiger partial charge in [0.05, 0.1) is 19.4 Å². The average Bonchev–Trinajstić information content (AvgIpc) is 2.89. The monoisotopic (exact) mass is 485 g/mol. The van der Waals surface area contributed by atoms with E-state index in [2.05, 4.69) is 65.7 Å². The molecule has 0 saturated carbocycles. The van der Waals surface area contributed by atoms with E-state index in [-0.39, 0.29) is 30.6 Å². The predicted octanol–water partition coefficient (Wildman–Crippen LogP) is 5.13. The van der Waals surface area contributed by atoms with Gasteiger partial charge in [0.25, 0.3) is 0 Å². The summed E-state index contributed by atoms with van der Waals surface area (Å²) in [6.45, 7) is 4.51. The van der Waals surface area contributed by atoms with Crippen molar-refractivity contribution >= 4 is 11.7 Å². The predicted molar refractivity (Wildman–Crippen MR) is 144 cm³/mol. The van der Waals surface area contributed by atoms with Crippen LogP contribution in [0.4, 0.5) is 10.5 Å². The number of aliphatic hydroxyl groups is 1. The summed E-state index contributed by atoms with van der Waals surface area (Å²) in [4.78, 5) is 17.6. The zero-order valence-corrected chi connectivity index (χ0v) is 21.1. The number of ether oxygens (including phenoxy) is 1. The molecule has 0 aliphatic carbocycles. The number of carbonyl (C=O) groups is 1. The Labute approximate surface area is 213 Å². The molecule has 2 aliphatic heterocycles. The number of anilines is 1. The Balaban J connectivity index is 1.35. The molecule has 2 saturated heterocycles. The molecule has 3 atom stereocenters. The summed E-state index contributed by atoms with van der Waals surface area (Å²) in [7, 11) is 1.61. The number of nitrogens with zero attached hydrogens (tertiary/aromatic N) is 2. The van der Waals surface area contributed by atoms with Crippen molar-refractivity contribution in [1.29, 1.82) is 0 Å². The van der Waals surface area contributed by atoms with Crippen molar-refractivity contribution in [2.45, 2.75) is 37.8 Å². The number of urea groups is 1. The van der Waals surface area contributed by atoms with Crippen LogP contribution in [-0.2, 0) is 0 Å². The number of hydrogen-bond donors (Lipinski definition) is 2. The van der Waals surface area contributed by atoms with E-state index in [0.29, 0.717) is 24.5 Å². The van der Waals surface area contributed by atoms with Crippen LogP contribution in [0.2, 0.25) is 0 Å². The molecule has 2 fully saturated rings. The summed E-state index contributed by atoms with van der Waals surface area (Å²) in [6, 6.07) is 24.9. The van der Waals surface area contributed by atoms with Gasteiger partial charge in [0.15, 0.2) is 0 Å². The van der Waals surface area contributed by atoms with Gasteiger partial charge in [-0.3, -0.25) is 4.90 Å². The van der Waals surface area contributed by atoms with Crippen LogP contribution >= 0.6 is 0 Å². The maximum atomic E-state index is 13.3. The van der Waals surface area contributed by atoms with Gasteiger partial charge < -0.3 is 20.1 Å². The number of nitrogens with one attached hydrogen (secondary N) is 1. The molecule has 3 aromatic rings. The Bertz CT molecular complexity index is 1180. The first-order valence-electron chi connectivity index (χ1n) is 12.8. The molecule has 2 aliphatic rings. The van der Waals surface area contributed by atoms with Crippen molar-refractivity contribution in [2.24, 2.45) is 0 Å². The quantitative estimate of drug-likeness (QED) is 0.526. The zero-order valence-electron chi connectivity index (χ0n) is 21.1. The number of aryl methyl sites for hydroxylation is 1. The SMILES string of the molecule is COc1ccccc1NC(=O)N1CCCCN2[C@H](CO)[C@H](c3ccc(-c4ccc(C)cc4)cc3)[C@H]2C1. The number of aliphatic hydroxyl groups excluding tert-OH is 1. The van der Waals surface area contributed by atoms with Crippen LogP contribution in [0.15, 0.2) is 72.8 Å². The highest BCUT2D eigenvalue weighted by Crippen LogP contribution is 2.42. The van der Waals surface area contributed by atoms with Crippen molar-refractivity contribution in [3.63, 3.8) is 0 Å². The summed E-state index contributed by atoms with van der Waals surface area (Å²) >= 11 is 0. The molecule has 0 spiro atoms. The van der Waals surface area contributed by atoms with Gasteiger partial charge in [0.2, 0.25) is 0 Å². The van der Waals surface area contributed by atoms with Crippen molar-refractivity contribution in [2.75, 3.05) is 38.7 Å². The Kier molecular flexibility index (Phi) is 7.25. The molecule has 2 N–H and O–H groups in total. The van der Waals surface area contributed by atoms with Crippen LogP contribution in [0, 0.1) is 6.92 Å². The number of rotatable bonds is 5. The van der Waals surface area contributed by atoms with Crippen molar-refractivity contribution in [3.8, 4) is 16.9 Å². The summed E-state index contributed by atoms with van der Waals surface area (Å²) in [6.07, 6.45) is 1.95. The highest BCUT2D eigenvalue weighted by atomic mass is 16.5. The van der Waals surface area contributed by atoms with Crippen molar-refractivity contribution in [1.82, 2.24) is 9.80 Å². The third-order valence-corrected chi connectivity index (χ3v) is 7.69. The van der Waals surface area contributed by atoms with Crippen LogP contribution in [-0.4, -0.2) is 66.4 Å². The Morgan fingerprint density at radius 1 is 0.972 bits per heavy atom. The van der Waals surface area contributed by atoms with E-state index >= 15 is 0 Å². The van der Waals surface area contributed by atoms with Crippen LogP contribution in [0.1, 0.15) is 29.9 Å². The molecular formula is C30H35N3O3. The maximum Gasteiger partial charge on any atom is 0.322 e. The lowest BCUT2D eigenvalue weighted by Gasteiger charge is -2.57. The third kappa shape index (κ3) is 4.84. The van der Waals surface area contributed by atoms with Gasteiger partial charge in [0.1, 0.15) is 5.75 Å². The molecule has 3 aromatic carbocycles. The second kappa shape index (κ2) is 10.7. The van der Waals surface area contributed by atoms with Crippen LogP contribution in [0.3, 0.4) is 0 Å². The number of methoxy groups -OCH3 is 1. The van der Waals surface area contributed by atoms with Gasteiger partial charge in [0, 0.05) is 31.1 Å². The second-order valence-electron chi connectivity index (χ2n) is 9.85. The van der Waals surface area contributed by atoms with E-state index in [1.165, 1.54) is 22.3 Å². The number of fused-ring (bicyclic) bond motifs is 1. The normalized spacial score (nSPS) is 22.1. The molecule has 0 radical (unpaired) electrons. The van der Waals surface area contributed by atoms with Gasteiger partial charge in [-0.1, -0.05) is 66.2 Å². The zero-order chi connectivity index (χ0) is 25.1. The topological polar surface area (TPSA) is 65.0 Å². The molecule has 6 nitrogen and oxygen atoms in total. The molecule has 0 unspecified atom stereocenters. The van der Waals surface area contributed by atoms with Gasteiger partial charge in [-0.25, -0.2) is 4.79 Å². The van der Waals surface area contributed by atoms with E-state index in [4.69, 9.17) is 4.74 Å². The lowest BCUT2D eigenvalue weighted by Crippen LogP contribution is -2.68. The molecular weight excluding hydrogens is 450 g/mol. The number of hydrogen-bond acceptors (Lipinski definition) is 4. The molecule has 2 heterocycles.